The van der Waals surface area contributed by atoms with Gasteiger partial charge in [-0.25, -0.2) is 0 Å². The third-order valence-electron chi connectivity index (χ3n) is 2.39. The van der Waals surface area contributed by atoms with Crippen LogP contribution in [0.4, 0.5) is 5.69 Å². The van der Waals surface area contributed by atoms with Crippen LogP contribution in [0.3, 0.4) is 0 Å². The number of carbonyl (C=O) groups excluding carboxylic acids is 1. The fourth-order valence-electron chi connectivity index (χ4n) is 1.34. The van der Waals surface area contributed by atoms with Crippen molar-refractivity contribution in [1.82, 2.24) is 5.32 Å². The van der Waals surface area contributed by atoms with Crippen LogP contribution in [0.5, 0.6) is 5.75 Å². The van der Waals surface area contributed by atoms with E-state index in [1.54, 1.807) is 18.2 Å². The summed E-state index contributed by atoms with van der Waals surface area (Å²) in [6.07, 6.45) is 2.30. The van der Waals surface area contributed by atoms with Crippen molar-refractivity contribution in [2.45, 2.75) is 18.9 Å². The second-order valence-corrected chi connectivity index (χ2v) is 4.69. The number of anilines is 1. The van der Waals surface area contributed by atoms with Crippen LogP contribution in [0.2, 0.25) is 0 Å². The third kappa shape index (κ3) is 2.96. The van der Waals surface area contributed by atoms with E-state index in [1.807, 2.05) is 0 Å². The highest BCUT2D eigenvalue weighted by Gasteiger charge is 2.21. The van der Waals surface area contributed by atoms with Crippen molar-refractivity contribution in [3.63, 3.8) is 0 Å². The predicted octanol–water partition coefficient (Wildman–Crippen LogP) is 1.85. The Kier molecular flexibility index (Phi) is 3.46. The Hall–Kier alpha value is -1.07. The lowest BCUT2D eigenvalue weighted by Gasteiger charge is -2.08. The van der Waals surface area contributed by atoms with E-state index in [2.05, 4.69) is 26.6 Å². The molecule has 0 bridgehead atoms. The van der Waals surface area contributed by atoms with E-state index in [4.69, 9.17) is 0 Å². The molecule has 1 aliphatic carbocycles. The Balaban J connectivity index is 1.91. The Morgan fingerprint density at radius 2 is 2.25 bits per heavy atom. The van der Waals surface area contributed by atoms with Crippen LogP contribution in [-0.2, 0) is 4.79 Å². The SMILES string of the molecule is O=C(CNC1CC1)Nc1cccc(Br)c1O. The molecule has 0 spiro atoms. The molecule has 0 atom stereocenters. The molecule has 0 aromatic heterocycles. The Labute approximate surface area is 102 Å². The molecule has 0 aliphatic heterocycles. The predicted molar refractivity (Wildman–Crippen MR) is 65.5 cm³/mol. The first-order valence-electron chi connectivity index (χ1n) is 5.17. The van der Waals surface area contributed by atoms with Crippen molar-refractivity contribution in [2.24, 2.45) is 0 Å². The number of phenols is 1. The molecule has 16 heavy (non-hydrogen) atoms. The summed E-state index contributed by atoms with van der Waals surface area (Å²) in [6.45, 7) is 0.288. The van der Waals surface area contributed by atoms with Gasteiger partial charge in [0.25, 0.3) is 0 Å². The maximum Gasteiger partial charge on any atom is 0.238 e. The summed E-state index contributed by atoms with van der Waals surface area (Å²) < 4.78 is 0.570. The zero-order valence-electron chi connectivity index (χ0n) is 8.66. The van der Waals surface area contributed by atoms with E-state index in [-0.39, 0.29) is 18.2 Å². The second kappa shape index (κ2) is 4.84. The van der Waals surface area contributed by atoms with Crippen LogP contribution in [-0.4, -0.2) is 23.6 Å². The maximum absolute atomic E-state index is 11.5. The number of nitrogens with one attached hydrogen (secondary N) is 2. The first-order chi connectivity index (χ1) is 7.66. The minimum Gasteiger partial charge on any atom is -0.505 e. The highest BCUT2D eigenvalue weighted by atomic mass is 79.9. The number of amides is 1. The summed E-state index contributed by atoms with van der Waals surface area (Å²) >= 11 is 3.19. The molecule has 1 aliphatic rings. The van der Waals surface area contributed by atoms with Gasteiger partial charge in [0.05, 0.1) is 16.7 Å². The minimum atomic E-state index is -0.139. The van der Waals surface area contributed by atoms with Crippen LogP contribution >= 0.6 is 15.9 Å². The molecule has 0 saturated heterocycles. The number of rotatable bonds is 4. The second-order valence-electron chi connectivity index (χ2n) is 3.84. The van der Waals surface area contributed by atoms with Gasteiger partial charge in [0, 0.05) is 6.04 Å². The molecule has 1 amide bonds. The summed E-state index contributed by atoms with van der Waals surface area (Å²) in [5, 5.41) is 15.4. The van der Waals surface area contributed by atoms with Gasteiger partial charge in [-0.1, -0.05) is 6.07 Å². The van der Waals surface area contributed by atoms with Crippen molar-refractivity contribution >= 4 is 27.5 Å². The van der Waals surface area contributed by atoms with Crippen molar-refractivity contribution in [3.8, 4) is 5.75 Å². The molecule has 1 aromatic carbocycles. The van der Waals surface area contributed by atoms with E-state index in [0.29, 0.717) is 16.2 Å². The fourth-order valence-corrected chi connectivity index (χ4v) is 1.70. The van der Waals surface area contributed by atoms with E-state index >= 15 is 0 Å². The first-order valence-corrected chi connectivity index (χ1v) is 5.97. The van der Waals surface area contributed by atoms with Gasteiger partial charge in [-0.2, -0.15) is 0 Å². The third-order valence-corrected chi connectivity index (χ3v) is 3.03. The van der Waals surface area contributed by atoms with Gasteiger partial charge in [0.2, 0.25) is 5.91 Å². The number of hydrogen-bond acceptors (Lipinski definition) is 3. The molecule has 3 N–H and O–H groups in total. The van der Waals surface area contributed by atoms with E-state index < -0.39 is 0 Å². The lowest BCUT2D eigenvalue weighted by molar-refractivity contribution is -0.115. The minimum absolute atomic E-state index is 0.0577. The lowest BCUT2D eigenvalue weighted by atomic mass is 10.3. The standard InChI is InChI=1S/C11H13BrN2O2/c12-8-2-1-3-9(11(8)16)14-10(15)6-13-7-4-5-7/h1-3,7,13,16H,4-6H2,(H,14,15). The molecule has 5 heteroatoms. The number of benzene rings is 1. The number of carbonyl (C=O) groups is 1. The van der Waals surface area contributed by atoms with Gasteiger partial charge >= 0.3 is 0 Å². The molecule has 0 heterocycles. The largest absolute Gasteiger partial charge is 0.505 e. The number of para-hydroxylation sites is 1. The number of phenolic OH excluding ortho intramolecular Hbond substituents is 1. The number of halogens is 1. The summed E-state index contributed by atoms with van der Waals surface area (Å²) in [6, 6.07) is 5.64. The normalized spacial score (nSPS) is 14.8. The van der Waals surface area contributed by atoms with Crippen LogP contribution in [0.1, 0.15) is 12.8 Å². The molecular formula is C11H13BrN2O2. The van der Waals surface area contributed by atoms with Gasteiger partial charge in [-0.3, -0.25) is 4.79 Å². The van der Waals surface area contributed by atoms with Gasteiger partial charge < -0.3 is 15.7 Å². The maximum atomic E-state index is 11.5. The Morgan fingerprint density at radius 3 is 2.94 bits per heavy atom. The fraction of sp³-hybridized carbons (Fsp3) is 0.364. The van der Waals surface area contributed by atoms with Crippen LogP contribution in [0.25, 0.3) is 0 Å². The highest BCUT2D eigenvalue weighted by molar-refractivity contribution is 9.10. The summed E-state index contributed by atoms with van der Waals surface area (Å²) in [7, 11) is 0. The zero-order chi connectivity index (χ0) is 11.5. The first kappa shape index (κ1) is 11.4. The van der Waals surface area contributed by atoms with E-state index in [1.165, 1.54) is 0 Å². The summed E-state index contributed by atoms with van der Waals surface area (Å²) in [5.41, 5.74) is 0.428. The highest BCUT2D eigenvalue weighted by Crippen LogP contribution is 2.31. The molecular weight excluding hydrogens is 272 g/mol. The number of hydrogen-bond donors (Lipinski definition) is 3. The molecule has 0 radical (unpaired) electrons. The Morgan fingerprint density at radius 1 is 1.50 bits per heavy atom. The molecule has 1 saturated carbocycles. The molecule has 0 unspecified atom stereocenters. The topological polar surface area (TPSA) is 61.4 Å². The zero-order valence-corrected chi connectivity index (χ0v) is 10.3. The smallest absolute Gasteiger partial charge is 0.238 e. The monoisotopic (exact) mass is 284 g/mol. The van der Waals surface area contributed by atoms with Crippen LogP contribution in [0, 0.1) is 0 Å². The van der Waals surface area contributed by atoms with Crippen molar-refractivity contribution in [1.29, 1.82) is 0 Å². The lowest BCUT2D eigenvalue weighted by Crippen LogP contribution is -2.29. The number of aromatic hydroxyl groups is 1. The Bertz CT molecular complexity index is 405. The van der Waals surface area contributed by atoms with E-state index in [9.17, 15) is 9.90 Å². The van der Waals surface area contributed by atoms with E-state index in [0.717, 1.165) is 12.8 Å². The summed E-state index contributed by atoms with van der Waals surface area (Å²) in [5.74, 6) is -0.0810. The molecule has 4 nitrogen and oxygen atoms in total. The van der Waals surface area contributed by atoms with Gasteiger partial charge in [-0.05, 0) is 40.9 Å². The average Bonchev–Trinajstić information content (AvgIpc) is 3.06. The van der Waals surface area contributed by atoms with Gasteiger partial charge in [-0.15, -0.1) is 0 Å². The summed E-state index contributed by atoms with van der Waals surface area (Å²) in [4.78, 5) is 11.5. The van der Waals surface area contributed by atoms with Gasteiger partial charge in [0.1, 0.15) is 0 Å². The van der Waals surface area contributed by atoms with Crippen molar-refractivity contribution in [3.05, 3.63) is 22.7 Å². The average molecular weight is 285 g/mol. The van der Waals surface area contributed by atoms with Crippen molar-refractivity contribution in [2.75, 3.05) is 11.9 Å². The van der Waals surface area contributed by atoms with Crippen molar-refractivity contribution < 1.29 is 9.90 Å². The molecule has 86 valence electrons. The molecule has 2 rings (SSSR count). The molecule has 1 fully saturated rings. The van der Waals surface area contributed by atoms with Gasteiger partial charge in [0.15, 0.2) is 5.75 Å². The van der Waals surface area contributed by atoms with Crippen LogP contribution < -0.4 is 10.6 Å². The molecule has 1 aromatic rings. The van der Waals surface area contributed by atoms with Crippen LogP contribution in [0.15, 0.2) is 22.7 Å². The quantitative estimate of drug-likeness (QED) is 0.740.